The van der Waals surface area contributed by atoms with E-state index in [9.17, 15) is 10.1 Å². The molecule has 2 aliphatic rings. The van der Waals surface area contributed by atoms with Gasteiger partial charge in [0, 0.05) is 29.7 Å². The van der Waals surface area contributed by atoms with Crippen molar-refractivity contribution in [2.45, 2.75) is 18.7 Å². The number of hydrazone groups is 1. The molecular formula is C23H19N3O4. The molecular weight excluding hydrogens is 382 g/mol. The summed E-state index contributed by atoms with van der Waals surface area (Å²) < 4.78 is 11.5. The maximum atomic E-state index is 11.3. The molecule has 0 amide bonds. The summed E-state index contributed by atoms with van der Waals surface area (Å²) >= 11 is 0. The Morgan fingerprint density at radius 3 is 2.57 bits per heavy atom. The van der Waals surface area contributed by atoms with Crippen LogP contribution in [0.2, 0.25) is 0 Å². The molecule has 3 aromatic carbocycles. The van der Waals surface area contributed by atoms with Crippen LogP contribution in [0.25, 0.3) is 0 Å². The Balaban J connectivity index is 1.59. The first kappa shape index (κ1) is 18.2. The Hall–Kier alpha value is -3.87. The van der Waals surface area contributed by atoms with E-state index in [-0.39, 0.29) is 16.7 Å². The SMILES string of the molecule is COc1ccc(C2Oc3ccc([N+](=O)[O-])cc3C3CC(c4ccccc4)=NN32)cc1. The molecule has 0 fully saturated rings. The molecule has 2 aliphatic heterocycles. The Bertz CT molecular complexity index is 1130. The molecule has 0 bridgehead atoms. The monoisotopic (exact) mass is 401 g/mol. The smallest absolute Gasteiger partial charge is 0.270 e. The fourth-order valence-corrected chi connectivity index (χ4v) is 3.98. The molecule has 5 rings (SSSR count). The van der Waals surface area contributed by atoms with Gasteiger partial charge < -0.3 is 9.47 Å². The lowest BCUT2D eigenvalue weighted by molar-refractivity contribution is -0.385. The van der Waals surface area contributed by atoms with Crippen LogP contribution in [0.4, 0.5) is 5.69 Å². The van der Waals surface area contributed by atoms with E-state index >= 15 is 0 Å². The van der Waals surface area contributed by atoms with E-state index in [1.165, 1.54) is 6.07 Å². The van der Waals surface area contributed by atoms with Crippen LogP contribution in [0.1, 0.15) is 35.4 Å². The number of ether oxygens (including phenoxy) is 2. The number of non-ortho nitro benzene ring substituents is 1. The van der Waals surface area contributed by atoms with Crippen molar-refractivity contribution in [3.63, 3.8) is 0 Å². The second-order valence-corrected chi connectivity index (χ2v) is 7.24. The van der Waals surface area contributed by atoms with Crippen LogP contribution in [0.15, 0.2) is 77.9 Å². The van der Waals surface area contributed by atoms with E-state index in [2.05, 4.69) is 0 Å². The molecule has 7 nitrogen and oxygen atoms in total. The van der Waals surface area contributed by atoms with Crippen LogP contribution in [-0.4, -0.2) is 22.8 Å². The predicted molar refractivity (Wildman–Crippen MR) is 112 cm³/mol. The van der Waals surface area contributed by atoms with Gasteiger partial charge in [0.05, 0.1) is 23.8 Å². The Morgan fingerprint density at radius 2 is 1.87 bits per heavy atom. The summed E-state index contributed by atoms with van der Waals surface area (Å²) in [4.78, 5) is 10.9. The fourth-order valence-electron chi connectivity index (χ4n) is 3.98. The van der Waals surface area contributed by atoms with Gasteiger partial charge in [-0.05, 0) is 35.9 Å². The van der Waals surface area contributed by atoms with Crippen molar-refractivity contribution in [2.75, 3.05) is 7.11 Å². The van der Waals surface area contributed by atoms with Gasteiger partial charge in [-0.15, -0.1) is 0 Å². The van der Waals surface area contributed by atoms with Gasteiger partial charge in [0.2, 0.25) is 6.23 Å². The summed E-state index contributed by atoms with van der Waals surface area (Å²) in [6, 6.07) is 22.3. The average Bonchev–Trinajstić information content (AvgIpc) is 3.25. The van der Waals surface area contributed by atoms with Crippen LogP contribution in [0.3, 0.4) is 0 Å². The molecule has 2 unspecified atom stereocenters. The van der Waals surface area contributed by atoms with Crippen molar-refractivity contribution in [3.8, 4) is 11.5 Å². The van der Waals surface area contributed by atoms with Crippen molar-refractivity contribution < 1.29 is 14.4 Å². The van der Waals surface area contributed by atoms with E-state index in [1.54, 1.807) is 19.2 Å². The van der Waals surface area contributed by atoms with E-state index < -0.39 is 6.23 Å². The summed E-state index contributed by atoms with van der Waals surface area (Å²) in [5.74, 6) is 1.41. The lowest BCUT2D eigenvalue weighted by atomic mass is 9.95. The topological polar surface area (TPSA) is 77.2 Å². The molecule has 0 aliphatic carbocycles. The number of fused-ring (bicyclic) bond motifs is 3. The summed E-state index contributed by atoms with van der Waals surface area (Å²) in [5, 5.41) is 18.1. The van der Waals surface area contributed by atoms with Crippen molar-refractivity contribution in [3.05, 3.63) is 99.6 Å². The Kier molecular flexibility index (Phi) is 4.35. The van der Waals surface area contributed by atoms with E-state index in [1.807, 2.05) is 59.6 Å². The van der Waals surface area contributed by atoms with Crippen LogP contribution < -0.4 is 9.47 Å². The standard InChI is InChI=1S/C23H19N3O4/c1-29-18-10-7-16(8-11-18)23-25-21(14-20(24-25)15-5-3-2-4-6-15)19-13-17(26(27)28)9-12-22(19)30-23/h2-13,21,23H,14H2,1H3. The summed E-state index contributed by atoms with van der Waals surface area (Å²) in [7, 11) is 1.63. The van der Waals surface area contributed by atoms with Crippen molar-refractivity contribution in [1.82, 2.24) is 5.01 Å². The average molecular weight is 401 g/mol. The zero-order chi connectivity index (χ0) is 20.7. The molecule has 2 atom stereocenters. The molecule has 30 heavy (non-hydrogen) atoms. The van der Waals surface area contributed by atoms with Gasteiger partial charge in [-0.25, -0.2) is 5.01 Å². The van der Waals surface area contributed by atoms with Gasteiger partial charge in [-0.1, -0.05) is 30.3 Å². The number of hydrogen-bond donors (Lipinski definition) is 0. The highest BCUT2D eigenvalue weighted by atomic mass is 16.6. The third kappa shape index (κ3) is 3.04. The highest BCUT2D eigenvalue weighted by Crippen LogP contribution is 2.48. The number of nitro groups is 1. The molecule has 0 spiro atoms. The summed E-state index contributed by atoms with van der Waals surface area (Å²) in [6.45, 7) is 0. The molecule has 0 saturated carbocycles. The first-order chi connectivity index (χ1) is 14.6. The Labute approximate surface area is 173 Å². The lowest BCUT2D eigenvalue weighted by Gasteiger charge is -2.38. The summed E-state index contributed by atoms with van der Waals surface area (Å²) in [6.07, 6.45) is 0.213. The molecule has 0 saturated heterocycles. The van der Waals surface area contributed by atoms with Crippen LogP contribution in [-0.2, 0) is 0 Å². The van der Waals surface area contributed by atoms with E-state index in [4.69, 9.17) is 14.6 Å². The fraction of sp³-hybridized carbons (Fsp3) is 0.174. The number of nitrogens with zero attached hydrogens (tertiary/aromatic N) is 3. The number of rotatable bonds is 4. The number of benzene rings is 3. The van der Waals surface area contributed by atoms with Crippen LogP contribution in [0.5, 0.6) is 11.5 Å². The number of methoxy groups -OCH3 is 1. The third-order valence-electron chi connectivity index (χ3n) is 5.49. The number of hydrogen-bond acceptors (Lipinski definition) is 6. The van der Waals surface area contributed by atoms with Gasteiger partial charge in [-0.3, -0.25) is 10.1 Å². The normalized spacial score (nSPS) is 19.4. The Morgan fingerprint density at radius 1 is 1.10 bits per heavy atom. The minimum atomic E-state index is -0.434. The largest absolute Gasteiger partial charge is 0.497 e. The maximum Gasteiger partial charge on any atom is 0.270 e. The first-order valence-electron chi connectivity index (χ1n) is 9.64. The first-order valence-corrected chi connectivity index (χ1v) is 9.64. The maximum absolute atomic E-state index is 11.3. The molecule has 3 aromatic rings. The third-order valence-corrected chi connectivity index (χ3v) is 5.49. The lowest BCUT2D eigenvalue weighted by Crippen LogP contribution is -2.33. The van der Waals surface area contributed by atoms with Crippen molar-refractivity contribution in [1.29, 1.82) is 0 Å². The zero-order valence-corrected chi connectivity index (χ0v) is 16.3. The second-order valence-electron chi connectivity index (χ2n) is 7.24. The van der Waals surface area contributed by atoms with E-state index in [0.717, 1.165) is 28.2 Å². The molecule has 2 heterocycles. The number of nitro benzene ring substituents is 1. The van der Waals surface area contributed by atoms with Gasteiger partial charge in [0.25, 0.3) is 5.69 Å². The molecule has 7 heteroatoms. The zero-order valence-electron chi connectivity index (χ0n) is 16.3. The highest BCUT2D eigenvalue weighted by Gasteiger charge is 2.41. The van der Waals surface area contributed by atoms with Crippen LogP contribution in [0, 0.1) is 10.1 Å². The quantitative estimate of drug-likeness (QED) is 0.462. The summed E-state index contributed by atoms with van der Waals surface area (Å²) in [5.41, 5.74) is 3.73. The minimum Gasteiger partial charge on any atom is -0.497 e. The molecule has 0 aromatic heterocycles. The van der Waals surface area contributed by atoms with Crippen LogP contribution >= 0.6 is 0 Å². The van der Waals surface area contributed by atoms with Crippen molar-refractivity contribution in [2.24, 2.45) is 5.10 Å². The predicted octanol–water partition coefficient (Wildman–Crippen LogP) is 4.85. The van der Waals surface area contributed by atoms with Gasteiger partial charge in [0.15, 0.2) is 0 Å². The van der Waals surface area contributed by atoms with Gasteiger partial charge >= 0.3 is 0 Å². The molecule has 0 radical (unpaired) electrons. The van der Waals surface area contributed by atoms with Crippen molar-refractivity contribution >= 4 is 11.4 Å². The van der Waals surface area contributed by atoms with E-state index in [0.29, 0.717) is 12.2 Å². The minimum absolute atomic E-state index is 0.0494. The highest BCUT2D eigenvalue weighted by molar-refractivity contribution is 6.01. The van der Waals surface area contributed by atoms with Gasteiger partial charge in [-0.2, -0.15) is 5.10 Å². The molecule has 150 valence electrons. The second kappa shape index (κ2) is 7.18. The molecule has 0 N–H and O–H groups in total. The van der Waals surface area contributed by atoms with Gasteiger partial charge in [0.1, 0.15) is 11.5 Å².